The Kier molecular flexibility index (Phi) is 7.64. The van der Waals surface area contributed by atoms with Gasteiger partial charge in [-0.2, -0.15) is 4.31 Å². The Hall–Kier alpha value is -2.91. The molecule has 0 spiro atoms. The summed E-state index contributed by atoms with van der Waals surface area (Å²) >= 11 is 0. The van der Waals surface area contributed by atoms with Crippen LogP contribution in [-0.2, 0) is 14.8 Å². The smallest absolute Gasteiger partial charge is 0.253 e. The van der Waals surface area contributed by atoms with Crippen molar-refractivity contribution in [3.8, 4) is 5.75 Å². The van der Waals surface area contributed by atoms with E-state index < -0.39 is 10.0 Å². The summed E-state index contributed by atoms with van der Waals surface area (Å²) < 4.78 is 32.5. The predicted molar refractivity (Wildman–Crippen MR) is 116 cm³/mol. The summed E-state index contributed by atoms with van der Waals surface area (Å²) in [7, 11) is -2.17. The Morgan fingerprint density at radius 2 is 1.68 bits per heavy atom. The van der Waals surface area contributed by atoms with Crippen molar-refractivity contribution in [2.24, 2.45) is 0 Å². The third-order valence-corrected chi connectivity index (χ3v) is 7.05. The van der Waals surface area contributed by atoms with Crippen molar-refractivity contribution in [2.45, 2.75) is 17.7 Å². The van der Waals surface area contributed by atoms with Crippen LogP contribution in [0, 0.1) is 0 Å². The molecule has 166 valence electrons. The molecule has 0 bridgehead atoms. The van der Waals surface area contributed by atoms with E-state index in [1.807, 2.05) is 0 Å². The third-order valence-electron chi connectivity index (χ3n) is 5.13. The monoisotopic (exact) mass is 445 g/mol. The summed E-state index contributed by atoms with van der Waals surface area (Å²) in [4.78, 5) is 27.0. The van der Waals surface area contributed by atoms with Crippen LogP contribution in [0.2, 0.25) is 0 Å². The number of rotatable bonds is 4. The summed E-state index contributed by atoms with van der Waals surface area (Å²) in [6, 6.07) is 15.0. The van der Waals surface area contributed by atoms with Gasteiger partial charge < -0.3 is 15.0 Å². The van der Waals surface area contributed by atoms with Gasteiger partial charge in [-0.25, -0.2) is 8.42 Å². The zero-order valence-electron chi connectivity index (χ0n) is 17.5. The second kappa shape index (κ2) is 10.4. The van der Waals surface area contributed by atoms with Crippen molar-refractivity contribution < 1.29 is 22.7 Å². The fourth-order valence-corrected chi connectivity index (χ4v) is 4.91. The molecule has 1 heterocycles. The van der Waals surface area contributed by atoms with Crippen molar-refractivity contribution in [3.63, 3.8) is 0 Å². The average molecular weight is 446 g/mol. The molecular formula is C22H27N3O5S. The van der Waals surface area contributed by atoms with Crippen LogP contribution in [0.1, 0.15) is 23.2 Å². The van der Waals surface area contributed by atoms with Gasteiger partial charge in [-0.3, -0.25) is 9.59 Å². The minimum Gasteiger partial charge on any atom is -0.497 e. The molecule has 0 atom stereocenters. The number of benzene rings is 2. The topological polar surface area (TPSA) is 96.0 Å². The Labute approximate surface area is 182 Å². The third kappa shape index (κ3) is 5.83. The highest BCUT2D eigenvalue weighted by molar-refractivity contribution is 7.89. The molecule has 1 fully saturated rings. The van der Waals surface area contributed by atoms with Crippen molar-refractivity contribution >= 4 is 21.8 Å². The van der Waals surface area contributed by atoms with Crippen molar-refractivity contribution in [1.82, 2.24) is 14.5 Å². The van der Waals surface area contributed by atoms with Gasteiger partial charge in [0.25, 0.3) is 5.91 Å². The number of nitrogens with zero attached hydrogens (tertiary/aromatic N) is 2. The SMILES string of the molecule is COc1ccc(C(=O)N2CCCN(S(=O)(=O)c3ccccc3)CCC(=O)NCC2)cc1. The van der Waals surface area contributed by atoms with Gasteiger partial charge in [-0.05, 0) is 42.8 Å². The van der Waals surface area contributed by atoms with Crippen LogP contribution in [0.3, 0.4) is 0 Å². The lowest BCUT2D eigenvalue weighted by Crippen LogP contribution is -2.39. The number of hydrogen-bond donors (Lipinski definition) is 1. The van der Waals surface area contributed by atoms with E-state index in [2.05, 4.69) is 5.32 Å². The molecular weight excluding hydrogens is 418 g/mol. The molecule has 0 radical (unpaired) electrons. The first-order chi connectivity index (χ1) is 14.9. The Balaban J connectivity index is 1.76. The van der Waals surface area contributed by atoms with E-state index in [4.69, 9.17) is 4.74 Å². The maximum atomic E-state index is 13.0. The molecule has 0 aromatic heterocycles. The maximum Gasteiger partial charge on any atom is 0.253 e. The number of amides is 2. The average Bonchev–Trinajstić information content (AvgIpc) is 2.84. The zero-order chi connectivity index (χ0) is 22.3. The molecule has 8 nitrogen and oxygen atoms in total. The van der Waals surface area contributed by atoms with Crippen LogP contribution >= 0.6 is 0 Å². The van der Waals surface area contributed by atoms with Gasteiger partial charge in [0, 0.05) is 44.7 Å². The molecule has 31 heavy (non-hydrogen) atoms. The van der Waals surface area contributed by atoms with Crippen molar-refractivity contribution in [2.75, 3.05) is 39.8 Å². The van der Waals surface area contributed by atoms with Crippen LogP contribution in [0.25, 0.3) is 0 Å². The maximum absolute atomic E-state index is 13.0. The summed E-state index contributed by atoms with van der Waals surface area (Å²) in [6.07, 6.45) is 0.528. The molecule has 0 aliphatic carbocycles. The molecule has 1 aliphatic heterocycles. The predicted octanol–water partition coefficient (Wildman–Crippen LogP) is 1.74. The summed E-state index contributed by atoms with van der Waals surface area (Å²) in [5.74, 6) is 0.239. The van der Waals surface area contributed by atoms with Crippen LogP contribution in [0.15, 0.2) is 59.5 Å². The van der Waals surface area contributed by atoms with E-state index in [1.54, 1.807) is 66.6 Å². The van der Waals surface area contributed by atoms with Crippen LogP contribution in [0.5, 0.6) is 5.75 Å². The Morgan fingerprint density at radius 1 is 0.968 bits per heavy atom. The quantitative estimate of drug-likeness (QED) is 0.773. The highest BCUT2D eigenvalue weighted by Gasteiger charge is 2.26. The van der Waals surface area contributed by atoms with Crippen molar-refractivity contribution in [3.05, 3.63) is 60.2 Å². The van der Waals surface area contributed by atoms with Gasteiger partial charge >= 0.3 is 0 Å². The summed E-state index contributed by atoms with van der Waals surface area (Å²) in [5.41, 5.74) is 0.510. The molecule has 9 heteroatoms. The molecule has 3 rings (SSSR count). The normalized spacial score (nSPS) is 16.8. The fraction of sp³-hybridized carbons (Fsp3) is 0.364. The highest BCUT2D eigenvalue weighted by Crippen LogP contribution is 2.17. The minimum atomic E-state index is -3.73. The second-order valence-electron chi connectivity index (χ2n) is 7.19. The van der Waals surface area contributed by atoms with Gasteiger partial charge in [-0.15, -0.1) is 0 Å². The lowest BCUT2D eigenvalue weighted by atomic mass is 10.2. The van der Waals surface area contributed by atoms with E-state index in [-0.39, 0.29) is 36.2 Å². The Morgan fingerprint density at radius 3 is 2.35 bits per heavy atom. The number of carbonyl (C=O) groups excluding carboxylic acids is 2. The highest BCUT2D eigenvalue weighted by atomic mass is 32.2. The molecule has 2 aromatic carbocycles. The number of nitrogens with one attached hydrogen (secondary N) is 1. The first-order valence-corrected chi connectivity index (χ1v) is 11.6. The van der Waals surface area contributed by atoms with E-state index in [9.17, 15) is 18.0 Å². The number of sulfonamides is 1. The van der Waals surface area contributed by atoms with Gasteiger partial charge in [0.05, 0.1) is 12.0 Å². The molecule has 1 saturated heterocycles. The van der Waals surface area contributed by atoms with Crippen LogP contribution < -0.4 is 10.1 Å². The molecule has 1 N–H and O–H groups in total. The lowest BCUT2D eigenvalue weighted by Gasteiger charge is -2.25. The molecule has 2 aromatic rings. The lowest BCUT2D eigenvalue weighted by molar-refractivity contribution is -0.121. The largest absolute Gasteiger partial charge is 0.497 e. The zero-order valence-corrected chi connectivity index (χ0v) is 18.3. The molecule has 0 saturated carbocycles. The number of hydrogen-bond acceptors (Lipinski definition) is 5. The minimum absolute atomic E-state index is 0.0679. The molecule has 1 aliphatic rings. The van der Waals surface area contributed by atoms with E-state index in [0.717, 1.165) is 0 Å². The first-order valence-electron chi connectivity index (χ1n) is 10.2. The van der Waals surface area contributed by atoms with E-state index in [1.165, 1.54) is 4.31 Å². The van der Waals surface area contributed by atoms with E-state index in [0.29, 0.717) is 37.4 Å². The summed E-state index contributed by atoms with van der Waals surface area (Å²) in [6.45, 7) is 1.35. The van der Waals surface area contributed by atoms with E-state index >= 15 is 0 Å². The van der Waals surface area contributed by atoms with Gasteiger partial charge in [0.2, 0.25) is 15.9 Å². The number of carbonyl (C=O) groups is 2. The van der Waals surface area contributed by atoms with Crippen molar-refractivity contribution in [1.29, 1.82) is 0 Å². The van der Waals surface area contributed by atoms with Gasteiger partial charge in [-0.1, -0.05) is 18.2 Å². The second-order valence-corrected chi connectivity index (χ2v) is 9.13. The van der Waals surface area contributed by atoms with Crippen LogP contribution in [0.4, 0.5) is 0 Å². The van der Waals surface area contributed by atoms with Gasteiger partial charge in [0.1, 0.15) is 5.75 Å². The Bertz CT molecular complexity index is 994. The molecule has 0 unspecified atom stereocenters. The standard InChI is InChI=1S/C22H27N3O5S/c1-30-19-10-8-18(9-11-19)22(27)24-14-5-15-25(16-12-21(26)23-13-17-24)31(28,29)20-6-3-2-4-7-20/h2-4,6-11H,5,12-17H2,1H3,(H,23,26). The first kappa shape index (κ1) is 22.8. The summed E-state index contributed by atoms with van der Waals surface area (Å²) in [5, 5.41) is 2.77. The fourth-order valence-electron chi connectivity index (χ4n) is 3.41. The van der Waals surface area contributed by atoms with Gasteiger partial charge in [0.15, 0.2) is 0 Å². The molecule has 2 amide bonds. The number of methoxy groups -OCH3 is 1. The van der Waals surface area contributed by atoms with Crippen LogP contribution in [-0.4, -0.2) is 69.3 Å². The number of ether oxygens (including phenoxy) is 1.